The number of hydrogen-bond donors (Lipinski definition) is 2. The highest BCUT2D eigenvalue weighted by Crippen LogP contribution is 2.19. The second kappa shape index (κ2) is 4.89. The minimum atomic E-state index is -0.565. The number of carbonyl (C=O) groups excluding carboxylic acids is 1. The van der Waals surface area contributed by atoms with Crippen LogP contribution in [0.15, 0.2) is 24.7 Å². The smallest absolute Gasteiger partial charge is 0.412 e. The molecule has 0 aromatic carbocycles. The van der Waals surface area contributed by atoms with Gasteiger partial charge in [-0.3, -0.25) is 5.32 Å². The van der Waals surface area contributed by atoms with E-state index in [-0.39, 0.29) is 6.61 Å². The van der Waals surface area contributed by atoms with Crippen LogP contribution in [-0.2, 0) is 11.3 Å². The Morgan fingerprint density at radius 3 is 2.89 bits per heavy atom. The van der Waals surface area contributed by atoms with Crippen molar-refractivity contribution < 1.29 is 14.6 Å². The van der Waals surface area contributed by atoms with Crippen LogP contribution in [0.2, 0.25) is 0 Å². The summed E-state index contributed by atoms with van der Waals surface area (Å²) >= 11 is 0. The van der Waals surface area contributed by atoms with Crippen LogP contribution >= 0.6 is 0 Å². The summed E-state index contributed by atoms with van der Waals surface area (Å²) in [6, 6.07) is 1.67. The Bertz CT molecular complexity index is 599. The molecule has 0 saturated heterocycles. The van der Waals surface area contributed by atoms with Gasteiger partial charge in [-0.1, -0.05) is 0 Å². The zero-order valence-corrected chi connectivity index (χ0v) is 11.2. The van der Waals surface area contributed by atoms with Gasteiger partial charge in [0.05, 0.1) is 12.3 Å². The molecule has 0 unspecified atom stereocenters. The van der Waals surface area contributed by atoms with Gasteiger partial charge in [0.1, 0.15) is 5.60 Å². The van der Waals surface area contributed by atoms with Gasteiger partial charge in [-0.15, -0.1) is 0 Å². The first kappa shape index (κ1) is 13.4. The molecule has 0 aliphatic carbocycles. The highest BCUT2D eigenvalue weighted by atomic mass is 16.6. The van der Waals surface area contributed by atoms with Crippen LogP contribution in [0.4, 0.5) is 10.5 Å². The second-order valence-corrected chi connectivity index (χ2v) is 5.21. The normalized spacial score (nSPS) is 11.6. The number of fused-ring (bicyclic) bond motifs is 1. The minimum Gasteiger partial charge on any atom is -0.444 e. The molecular weight excluding hydrogens is 246 g/mol. The number of aliphatic hydroxyl groups excluding tert-OH is 1. The summed E-state index contributed by atoms with van der Waals surface area (Å²) in [4.78, 5) is 15.9. The number of anilines is 1. The van der Waals surface area contributed by atoms with Crippen molar-refractivity contribution in [1.82, 2.24) is 9.38 Å². The predicted octanol–water partition coefficient (Wildman–Crippen LogP) is 2.17. The summed E-state index contributed by atoms with van der Waals surface area (Å²) < 4.78 is 6.93. The van der Waals surface area contributed by atoms with Crippen LogP contribution in [0.25, 0.3) is 5.65 Å². The van der Waals surface area contributed by atoms with Crippen molar-refractivity contribution >= 4 is 17.4 Å². The molecule has 2 N–H and O–H groups in total. The van der Waals surface area contributed by atoms with E-state index in [1.165, 1.54) is 0 Å². The molecule has 0 aliphatic rings. The number of imidazole rings is 1. The fraction of sp³-hybridized carbons (Fsp3) is 0.385. The van der Waals surface area contributed by atoms with Crippen LogP contribution in [0.3, 0.4) is 0 Å². The van der Waals surface area contributed by atoms with Crippen molar-refractivity contribution in [3.63, 3.8) is 0 Å². The van der Waals surface area contributed by atoms with Crippen LogP contribution in [0.5, 0.6) is 0 Å². The molecule has 2 rings (SSSR count). The van der Waals surface area contributed by atoms with Crippen LogP contribution in [0, 0.1) is 0 Å². The first-order chi connectivity index (χ1) is 8.89. The van der Waals surface area contributed by atoms with Gasteiger partial charge in [0.2, 0.25) is 0 Å². The van der Waals surface area contributed by atoms with Gasteiger partial charge in [0.15, 0.2) is 5.65 Å². The molecule has 0 bridgehead atoms. The second-order valence-electron chi connectivity index (χ2n) is 5.21. The standard InChI is InChI=1S/C13H17N3O3/c1-13(2,3)19-12(18)15-10-6-9(8-17)7-16-5-4-14-11(10)16/h4-7,17H,8H2,1-3H3,(H,15,18). The topological polar surface area (TPSA) is 75.9 Å². The first-order valence-corrected chi connectivity index (χ1v) is 5.95. The van der Waals surface area contributed by atoms with Crippen LogP contribution in [0.1, 0.15) is 26.3 Å². The van der Waals surface area contributed by atoms with Crippen molar-refractivity contribution in [2.75, 3.05) is 5.32 Å². The van der Waals surface area contributed by atoms with Gasteiger partial charge in [0.25, 0.3) is 0 Å². The fourth-order valence-corrected chi connectivity index (χ4v) is 1.68. The molecule has 0 fully saturated rings. The van der Waals surface area contributed by atoms with Crippen molar-refractivity contribution in [3.8, 4) is 0 Å². The van der Waals surface area contributed by atoms with E-state index in [9.17, 15) is 9.90 Å². The first-order valence-electron chi connectivity index (χ1n) is 5.95. The third-order valence-electron chi connectivity index (χ3n) is 2.36. The number of carbonyl (C=O) groups is 1. The molecular formula is C13H17N3O3. The van der Waals surface area contributed by atoms with E-state index >= 15 is 0 Å². The van der Waals surface area contributed by atoms with Crippen molar-refractivity contribution in [2.24, 2.45) is 0 Å². The van der Waals surface area contributed by atoms with Crippen LogP contribution < -0.4 is 5.32 Å². The summed E-state index contributed by atoms with van der Waals surface area (Å²) in [5, 5.41) is 11.8. The summed E-state index contributed by atoms with van der Waals surface area (Å²) in [6.07, 6.45) is 4.57. The predicted molar refractivity (Wildman–Crippen MR) is 71.0 cm³/mol. The lowest BCUT2D eigenvalue weighted by atomic mass is 10.2. The Hall–Kier alpha value is -2.08. The molecule has 6 heteroatoms. The lowest BCUT2D eigenvalue weighted by Gasteiger charge is -2.20. The molecule has 102 valence electrons. The van der Waals surface area contributed by atoms with E-state index in [1.54, 1.807) is 49.8 Å². The van der Waals surface area contributed by atoms with Gasteiger partial charge in [-0.05, 0) is 32.4 Å². The Morgan fingerprint density at radius 2 is 2.26 bits per heavy atom. The third kappa shape index (κ3) is 3.23. The lowest BCUT2D eigenvalue weighted by Crippen LogP contribution is -2.27. The number of ether oxygens (including phenoxy) is 1. The maximum absolute atomic E-state index is 11.8. The molecule has 0 atom stereocenters. The molecule has 2 heterocycles. The molecule has 2 aromatic heterocycles. The van der Waals surface area contributed by atoms with Gasteiger partial charge < -0.3 is 14.2 Å². The summed E-state index contributed by atoms with van der Waals surface area (Å²) in [5.74, 6) is 0. The van der Waals surface area contributed by atoms with Crippen molar-refractivity contribution in [1.29, 1.82) is 0 Å². The molecule has 1 amide bonds. The quantitative estimate of drug-likeness (QED) is 0.870. The Kier molecular flexibility index (Phi) is 3.44. The Labute approximate surface area is 111 Å². The SMILES string of the molecule is CC(C)(C)OC(=O)Nc1cc(CO)cn2ccnc12. The van der Waals surface area contributed by atoms with E-state index in [0.717, 1.165) is 0 Å². The van der Waals surface area contributed by atoms with E-state index in [1.807, 2.05) is 0 Å². The Balaban J connectivity index is 2.29. The monoisotopic (exact) mass is 263 g/mol. The molecule has 19 heavy (non-hydrogen) atoms. The molecule has 0 aliphatic heterocycles. The van der Waals surface area contributed by atoms with Gasteiger partial charge in [0, 0.05) is 18.6 Å². The zero-order chi connectivity index (χ0) is 14.0. The maximum Gasteiger partial charge on any atom is 0.412 e. The molecule has 0 spiro atoms. The molecule has 6 nitrogen and oxygen atoms in total. The minimum absolute atomic E-state index is 0.114. The van der Waals surface area contributed by atoms with E-state index in [0.29, 0.717) is 16.9 Å². The average molecular weight is 263 g/mol. The van der Waals surface area contributed by atoms with Gasteiger partial charge >= 0.3 is 6.09 Å². The number of pyridine rings is 1. The van der Waals surface area contributed by atoms with Gasteiger partial charge in [-0.2, -0.15) is 0 Å². The number of aliphatic hydroxyl groups is 1. The largest absolute Gasteiger partial charge is 0.444 e. The van der Waals surface area contributed by atoms with E-state index < -0.39 is 11.7 Å². The number of aromatic nitrogens is 2. The molecule has 0 saturated carbocycles. The van der Waals surface area contributed by atoms with Crippen molar-refractivity contribution in [3.05, 3.63) is 30.2 Å². The maximum atomic E-state index is 11.8. The van der Waals surface area contributed by atoms with Crippen molar-refractivity contribution in [2.45, 2.75) is 33.0 Å². The summed E-state index contributed by atoms with van der Waals surface area (Å²) in [5.41, 5.74) is 1.22. The van der Waals surface area contributed by atoms with Gasteiger partial charge in [-0.25, -0.2) is 9.78 Å². The number of rotatable bonds is 2. The third-order valence-corrected chi connectivity index (χ3v) is 2.36. The fourth-order valence-electron chi connectivity index (χ4n) is 1.68. The highest BCUT2D eigenvalue weighted by molar-refractivity contribution is 5.89. The summed E-state index contributed by atoms with van der Waals surface area (Å²) in [7, 11) is 0. The Morgan fingerprint density at radius 1 is 1.53 bits per heavy atom. The lowest BCUT2D eigenvalue weighted by molar-refractivity contribution is 0.0636. The van der Waals surface area contributed by atoms with Crippen LogP contribution in [-0.4, -0.2) is 26.2 Å². The zero-order valence-electron chi connectivity index (χ0n) is 11.2. The highest BCUT2D eigenvalue weighted by Gasteiger charge is 2.17. The number of amides is 1. The molecule has 0 radical (unpaired) electrons. The van der Waals surface area contributed by atoms with E-state index in [4.69, 9.17) is 4.74 Å². The summed E-state index contributed by atoms with van der Waals surface area (Å²) in [6.45, 7) is 5.27. The number of hydrogen-bond acceptors (Lipinski definition) is 4. The number of nitrogens with zero attached hydrogens (tertiary/aromatic N) is 2. The molecule has 2 aromatic rings. The average Bonchev–Trinajstić information content (AvgIpc) is 2.74. The van der Waals surface area contributed by atoms with E-state index in [2.05, 4.69) is 10.3 Å². The number of nitrogens with one attached hydrogen (secondary N) is 1.